The van der Waals surface area contributed by atoms with Gasteiger partial charge in [0.15, 0.2) is 11.5 Å². The molecule has 1 heterocycles. The number of carbonyl (C=O) groups excluding carboxylic acids is 2. The van der Waals surface area contributed by atoms with Gasteiger partial charge < -0.3 is 19.7 Å². The molecule has 2 rings (SSSR count). The average Bonchev–Trinajstić information content (AvgIpc) is 2.92. The van der Waals surface area contributed by atoms with E-state index in [1.807, 2.05) is 0 Å². The number of halogens is 1. The van der Waals surface area contributed by atoms with Crippen molar-refractivity contribution in [3.8, 4) is 11.5 Å². The molecule has 0 spiro atoms. The highest BCUT2D eigenvalue weighted by molar-refractivity contribution is 6.17. The molecule has 23 heavy (non-hydrogen) atoms. The molecule has 0 saturated carbocycles. The fourth-order valence-corrected chi connectivity index (χ4v) is 2.71. The number of rotatable bonds is 7. The van der Waals surface area contributed by atoms with Crippen LogP contribution in [0.5, 0.6) is 11.5 Å². The van der Waals surface area contributed by atoms with Crippen molar-refractivity contribution < 1.29 is 19.1 Å². The van der Waals surface area contributed by atoms with E-state index in [4.69, 9.17) is 21.1 Å². The fourth-order valence-electron chi connectivity index (χ4n) is 2.57. The highest BCUT2D eigenvalue weighted by Crippen LogP contribution is 2.33. The molecule has 0 unspecified atom stereocenters. The maximum absolute atomic E-state index is 12.2. The Morgan fingerprint density at radius 3 is 2.74 bits per heavy atom. The second-order valence-electron chi connectivity index (χ2n) is 5.30. The summed E-state index contributed by atoms with van der Waals surface area (Å²) in [7, 11) is 3.11. The lowest BCUT2D eigenvalue weighted by Crippen LogP contribution is -2.37. The minimum atomic E-state index is -0.182. The molecule has 0 bridgehead atoms. The zero-order chi connectivity index (χ0) is 16.8. The molecule has 1 fully saturated rings. The summed E-state index contributed by atoms with van der Waals surface area (Å²) in [5, 5.41) is 2.88. The summed E-state index contributed by atoms with van der Waals surface area (Å²) in [5.41, 5.74) is 0.727. The number of carbonyl (C=O) groups is 2. The fraction of sp³-hybridized carbons (Fsp3) is 0.500. The van der Waals surface area contributed by atoms with Crippen LogP contribution < -0.4 is 19.7 Å². The van der Waals surface area contributed by atoms with Crippen LogP contribution in [0.3, 0.4) is 0 Å². The Balaban J connectivity index is 2.04. The van der Waals surface area contributed by atoms with E-state index in [0.717, 1.165) is 5.69 Å². The van der Waals surface area contributed by atoms with Crippen LogP contribution in [0.1, 0.15) is 19.3 Å². The van der Waals surface area contributed by atoms with E-state index in [-0.39, 0.29) is 17.9 Å². The normalized spacial score (nSPS) is 17.3. The number of alkyl halides is 1. The zero-order valence-corrected chi connectivity index (χ0v) is 14.1. The SMILES string of the molecule is COc1ccc(N2C[C@@H](NC(=O)CCCCl)CC2=O)cc1OC. The lowest BCUT2D eigenvalue weighted by molar-refractivity contribution is -0.121. The number of ether oxygens (including phenoxy) is 2. The van der Waals surface area contributed by atoms with Crippen LogP contribution >= 0.6 is 11.6 Å². The zero-order valence-electron chi connectivity index (χ0n) is 13.3. The van der Waals surface area contributed by atoms with Gasteiger partial charge in [0.25, 0.3) is 0 Å². The van der Waals surface area contributed by atoms with Crippen LogP contribution in [0, 0.1) is 0 Å². The summed E-state index contributed by atoms with van der Waals surface area (Å²) in [6, 6.07) is 5.14. The third-order valence-corrected chi connectivity index (χ3v) is 3.97. The van der Waals surface area contributed by atoms with Crippen LogP contribution in [0.25, 0.3) is 0 Å². The summed E-state index contributed by atoms with van der Waals surface area (Å²) >= 11 is 5.58. The van der Waals surface area contributed by atoms with Crippen molar-refractivity contribution >= 4 is 29.1 Å². The van der Waals surface area contributed by atoms with E-state index in [9.17, 15) is 9.59 Å². The Morgan fingerprint density at radius 2 is 2.09 bits per heavy atom. The molecular weight excluding hydrogens is 320 g/mol. The van der Waals surface area contributed by atoms with Crippen molar-refractivity contribution in [1.29, 1.82) is 0 Å². The number of benzene rings is 1. The summed E-state index contributed by atoms with van der Waals surface area (Å²) < 4.78 is 10.5. The van der Waals surface area contributed by atoms with Crippen LogP contribution in [0.2, 0.25) is 0 Å². The maximum atomic E-state index is 12.2. The Morgan fingerprint density at radius 1 is 1.35 bits per heavy atom. The van der Waals surface area contributed by atoms with Crippen molar-refractivity contribution in [1.82, 2.24) is 5.32 Å². The molecule has 1 aromatic rings. The number of anilines is 1. The predicted octanol–water partition coefficient (Wildman–Crippen LogP) is 1.94. The molecule has 126 valence electrons. The minimum Gasteiger partial charge on any atom is -0.493 e. The molecule has 0 aromatic heterocycles. The van der Waals surface area contributed by atoms with Crippen molar-refractivity contribution in [3.63, 3.8) is 0 Å². The molecule has 1 aliphatic heterocycles. The first kappa shape index (κ1) is 17.4. The van der Waals surface area contributed by atoms with Gasteiger partial charge in [0.1, 0.15) is 0 Å². The molecule has 0 radical (unpaired) electrons. The number of nitrogens with zero attached hydrogens (tertiary/aromatic N) is 1. The van der Waals surface area contributed by atoms with Gasteiger partial charge in [-0.05, 0) is 18.6 Å². The van der Waals surface area contributed by atoms with E-state index in [1.165, 1.54) is 0 Å². The first-order valence-corrected chi connectivity index (χ1v) is 8.00. The molecule has 1 aliphatic rings. The van der Waals surface area contributed by atoms with E-state index < -0.39 is 0 Å². The van der Waals surface area contributed by atoms with E-state index >= 15 is 0 Å². The lowest BCUT2D eigenvalue weighted by Gasteiger charge is -2.19. The van der Waals surface area contributed by atoms with Gasteiger partial charge in [0, 0.05) is 37.0 Å². The molecule has 1 saturated heterocycles. The van der Waals surface area contributed by atoms with Gasteiger partial charge >= 0.3 is 0 Å². The molecule has 6 nitrogen and oxygen atoms in total. The summed E-state index contributed by atoms with van der Waals surface area (Å²) in [4.78, 5) is 25.6. The molecular formula is C16H21ClN2O4. The topological polar surface area (TPSA) is 67.9 Å². The Labute approximate surface area is 140 Å². The molecule has 7 heteroatoms. The van der Waals surface area contributed by atoms with Crippen molar-refractivity contribution in [3.05, 3.63) is 18.2 Å². The molecule has 1 aromatic carbocycles. The predicted molar refractivity (Wildman–Crippen MR) is 88.4 cm³/mol. The number of methoxy groups -OCH3 is 2. The number of nitrogens with one attached hydrogen (secondary N) is 1. The van der Waals surface area contributed by atoms with Gasteiger partial charge in [-0.15, -0.1) is 11.6 Å². The average molecular weight is 341 g/mol. The lowest BCUT2D eigenvalue weighted by atomic mass is 10.2. The van der Waals surface area contributed by atoms with Crippen molar-refractivity contribution in [2.75, 3.05) is 31.5 Å². The van der Waals surface area contributed by atoms with Gasteiger partial charge in [0.2, 0.25) is 11.8 Å². The Hall–Kier alpha value is -1.95. The first-order chi connectivity index (χ1) is 11.1. The minimum absolute atomic E-state index is 0.0279. The van der Waals surface area contributed by atoms with Gasteiger partial charge in [-0.3, -0.25) is 9.59 Å². The highest BCUT2D eigenvalue weighted by atomic mass is 35.5. The van der Waals surface area contributed by atoms with Crippen molar-refractivity contribution in [2.24, 2.45) is 0 Å². The second kappa shape index (κ2) is 8.06. The Kier molecular flexibility index (Phi) is 6.10. The Bertz CT molecular complexity index is 579. The maximum Gasteiger partial charge on any atom is 0.229 e. The van der Waals surface area contributed by atoms with Gasteiger partial charge in [0.05, 0.1) is 20.3 Å². The smallest absolute Gasteiger partial charge is 0.229 e. The third-order valence-electron chi connectivity index (χ3n) is 3.71. The summed E-state index contributed by atoms with van der Waals surface area (Å²) in [6.45, 7) is 0.445. The van der Waals surface area contributed by atoms with E-state index in [2.05, 4.69) is 5.32 Å². The van der Waals surface area contributed by atoms with Gasteiger partial charge in [-0.25, -0.2) is 0 Å². The molecule has 0 aliphatic carbocycles. The molecule has 1 atom stereocenters. The number of hydrogen-bond acceptors (Lipinski definition) is 4. The molecule has 2 amide bonds. The van der Waals surface area contributed by atoms with Crippen molar-refractivity contribution in [2.45, 2.75) is 25.3 Å². The van der Waals surface area contributed by atoms with Crippen LogP contribution in [-0.4, -0.2) is 44.5 Å². The highest BCUT2D eigenvalue weighted by Gasteiger charge is 2.31. The van der Waals surface area contributed by atoms with E-state index in [1.54, 1.807) is 37.3 Å². The standard InChI is InChI=1S/C16H21ClN2O4/c1-22-13-6-5-12(9-14(13)23-2)19-10-11(8-16(19)21)18-15(20)4-3-7-17/h5-6,9,11H,3-4,7-8,10H2,1-2H3,(H,18,20)/t11-/m0/s1. The second-order valence-corrected chi connectivity index (χ2v) is 5.68. The summed E-state index contributed by atoms with van der Waals surface area (Å²) in [6.07, 6.45) is 1.30. The molecule has 1 N–H and O–H groups in total. The van der Waals surface area contributed by atoms with Crippen LogP contribution in [0.4, 0.5) is 5.69 Å². The first-order valence-electron chi connectivity index (χ1n) is 7.46. The third kappa shape index (κ3) is 4.28. The van der Waals surface area contributed by atoms with E-state index in [0.29, 0.717) is 43.2 Å². The summed E-state index contributed by atoms with van der Waals surface area (Å²) in [5.74, 6) is 1.52. The quantitative estimate of drug-likeness (QED) is 0.770. The largest absolute Gasteiger partial charge is 0.493 e. The van der Waals surface area contributed by atoms with Crippen LogP contribution in [0.15, 0.2) is 18.2 Å². The van der Waals surface area contributed by atoms with Gasteiger partial charge in [-0.2, -0.15) is 0 Å². The van der Waals surface area contributed by atoms with Crippen LogP contribution in [-0.2, 0) is 9.59 Å². The number of amides is 2. The number of hydrogen-bond donors (Lipinski definition) is 1. The van der Waals surface area contributed by atoms with Gasteiger partial charge in [-0.1, -0.05) is 0 Å². The monoisotopic (exact) mass is 340 g/mol.